The Labute approximate surface area is 131 Å². The normalized spacial score (nSPS) is 17.5. The van der Waals surface area contributed by atoms with Gasteiger partial charge in [0.15, 0.2) is 0 Å². The lowest BCUT2D eigenvalue weighted by Crippen LogP contribution is -2.40. The quantitative estimate of drug-likeness (QED) is 0.883. The summed E-state index contributed by atoms with van der Waals surface area (Å²) in [6.07, 6.45) is 0. The number of fused-ring (bicyclic) bond motifs is 1. The zero-order valence-electron chi connectivity index (χ0n) is 11.2. The summed E-state index contributed by atoms with van der Waals surface area (Å²) in [7, 11) is -3.71. The van der Waals surface area contributed by atoms with Crippen molar-refractivity contribution < 1.29 is 12.8 Å². The molecule has 0 radical (unpaired) electrons. The minimum atomic E-state index is -3.71. The molecule has 1 aliphatic rings. The number of hydrogen-bond acceptors (Lipinski definition) is 3. The van der Waals surface area contributed by atoms with Gasteiger partial charge in [0.25, 0.3) is 10.0 Å². The number of sulfonamides is 1. The highest BCUT2D eigenvalue weighted by molar-refractivity contribution is 7.90. The summed E-state index contributed by atoms with van der Waals surface area (Å²) in [5.41, 5.74) is 1.16. The summed E-state index contributed by atoms with van der Waals surface area (Å²) in [5, 5.41) is 3.22. The molecule has 22 heavy (non-hydrogen) atoms. The molecule has 0 saturated carbocycles. The first-order valence-corrected chi connectivity index (χ1v) is 8.18. The zero-order chi connectivity index (χ0) is 15.7. The van der Waals surface area contributed by atoms with Crippen LogP contribution >= 0.6 is 11.6 Å². The van der Waals surface area contributed by atoms with Crippen LogP contribution in [0.5, 0.6) is 0 Å². The standard InChI is InChI=1S/C14H11ClFN3O2S/c15-10-3-6-12-13(7-10)22(20,21)19-14(18-12)17-8-9-1-4-11(16)5-2-9/h1-7H,8H2,(H2,17,18,19). The van der Waals surface area contributed by atoms with Gasteiger partial charge in [-0.1, -0.05) is 23.7 Å². The van der Waals surface area contributed by atoms with Crippen LogP contribution in [-0.4, -0.2) is 14.4 Å². The summed E-state index contributed by atoms with van der Waals surface area (Å²) in [5.74, 6) is -0.224. The number of benzene rings is 2. The Morgan fingerprint density at radius 1 is 1.14 bits per heavy atom. The van der Waals surface area contributed by atoms with Gasteiger partial charge in [-0.05, 0) is 35.9 Å². The highest BCUT2D eigenvalue weighted by atomic mass is 35.5. The largest absolute Gasteiger partial charge is 0.324 e. The molecule has 0 unspecified atom stereocenters. The first kappa shape index (κ1) is 14.8. The average molecular weight is 340 g/mol. The molecule has 0 spiro atoms. The molecule has 2 aromatic rings. The molecule has 5 nitrogen and oxygen atoms in total. The maximum absolute atomic E-state index is 12.8. The minimum absolute atomic E-state index is 0.0701. The molecule has 1 heterocycles. The first-order chi connectivity index (χ1) is 10.4. The van der Waals surface area contributed by atoms with Gasteiger partial charge in [-0.3, -0.25) is 0 Å². The van der Waals surface area contributed by atoms with Gasteiger partial charge in [0, 0.05) is 5.02 Å². The Bertz CT molecular complexity index is 851. The van der Waals surface area contributed by atoms with Gasteiger partial charge >= 0.3 is 0 Å². The number of rotatable bonds is 2. The SMILES string of the molecule is O=S1(=O)NC(=NCc2ccc(F)cc2)Nc2ccc(Cl)cc21. The Balaban J connectivity index is 1.87. The Hall–Kier alpha value is -2.12. The molecule has 8 heteroatoms. The predicted molar refractivity (Wildman–Crippen MR) is 82.9 cm³/mol. The van der Waals surface area contributed by atoms with Crippen molar-refractivity contribution in [3.05, 3.63) is 58.9 Å². The topological polar surface area (TPSA) is 70.6 Å². The van der Waals surface area contributed by atoms with Crippen LogP contribution < -0.4 is 10.0 Å². The number of hydrogen-bond donors (Lipinski definition) is 2. The Morgan fingerprint density at radius 2 is 1.86 bits per heavy atom. The molecule has 1 aliphatic heterocycles. The molecule has 0 aliphatic carbocycles. The number of nitrogens with zero attached hydrogens (tertiary/aromatic N) is 1. The van der Waals surface area contributed by atoms with E-state index in [1.807, 2.05) is 0 Å². The first-order valence-electron chi connectivity index (χ1n) is 6.32. The van der Waals surface area contributed by atoms with E-state index in [1.54, 1.807) is 24.3 Å². The van der Waals surface area contributed by atoms with Gasteiger partial charge in [-0.2, -0.15) is 0 Å². The predicted octanol–water partition coefficient (Wildman–Crippen LogP) is 2.74. The van der Waals surface area contributed by atoms with Gasteiger partial charge in [0.2, 0.25) is 5.96 Å². The van der Waals surface area contributed by atoms with Gasteiger partial charge in [-0.25, -0.2) is 22.5 Å². The maximum atomic E-state index is 12.8. The molecule has 0 bridgehead atoms. The van der Waals surface area contributed by atoms with Crippen molar-refractivity contribution in [2.75, 3.05) is 5.32 Å². The number of anilines is 1. The van der Waals surface area contributed by atoms with Gasteiger partial charge in [-0.15, -0.1) is 0 Å². The Morgan fingerprint density at radius 3 is 2.59 bits per heavy atom. The van der Waals surface area contributed by atoms with E-state index in [-0.39, 0.29) is 23.2 Å². The third-order valence-corrected chi connectivity index (χ3v) is 4.66. The Kier molecular flexibility index (Phi) is 3.76. The number of halogens is 2. The molecule has 114 valence electrons. The summed E-state index contributed by atoms with van der Waals surface area (Å²) in [4.78, 5) is 4.23. The lowest BCUT2D eigenvalue weighted by molar-refractivity contribution is 0.591. The summed E-state index contributed by atoms with van der Waals surface area (Å²) in [6, 6.07) is 10.4. The molecule has 0 fully saturated rings. The third kappa shape index (κ3) is 3.05. The highest BCUT2D eigenvalue weighted by Gasteiger charge is 2.26. The van der Waals surface area contributed by atoms with E-state index in [2.05, 4.69) is 15.0 Å². The van der Waals surface area contributed by atoms with E-state index in [9.17, 15) is 12.8 Å². The van der Waals surface area contributed by atoms with Crippen molar-refractivity contribution in [2.24, 2.45) is 4.99 Å². The molecular weight excluding hydrogens is 329 g/mol. The van der Waals surface area contributed by atoms with Crippen molar-refractivity contribution >= 4 is 33.3 Å². The number of aliphatic imine (C=N–C) groups is 1. The molecule has 0 aromatic heterocycles. The second-order valence-corrected chi connectivity index (χ2v) is 6.75. The van der Waals surface area contributed by atoms with Crippen molar-refractivity contribution in [1.29, 1.82) is 0 Å². The lowest BCUT2D eigenvalue weighted by atomic mass is 10.2. The van der Waals surface area contributed by atoms with Gasteiger partial charge < -0.3 is 5.32 Å². The van der Waals surface area contributed by atoms with Crippen molar-refractivity contribution in [3.8, 4) is 0 Å². The third-order valence-electron chi connectivity index (χ3n) is 3.05. The number of nitrogens with one attached hydrogen (secondary N) is 2. The second kappa shape index (κ2) is 5.58. The summed E-state index contributed by atoms with van der Waals surface area (Å²) in [6.45, 7) is 0.216. The van der Waals surface area contributed by atoms with Crippen LogP contribution in [0.25, 0.3) is 0 Å². The molecular formula is C14H11ClFN3O2S. The van der Waals surface area contributed by atoms with Crippen LogP contribution in [-0.2, 0) is 16.6 Å². The smallest absolute Gasteiger partial charge is 0.266 e. The maximum Gasteiger partial charge on any atom is 0.266 e. The second-order valence-electron chi connectivity index (χ2n) is 4.66. The van der Waals surface area contributed by atoms with Crippen LogP contribution in [0.3, 0.4) is 0 Å². The number of guanidine groups is 1. The minimum Gasteiger partial charge on any atom is -0.324 e. The van der Waals surface area contributed by atoms with E-state index in [1.165, 1.54) is 18.2 Å². The van der Waals surface area contributed by atoms with Crippen molar-refractivity contribution in [3.63, 3.8) is 0 Å². The molecule has 2 N–H and O–H groups in total. The molecule has 3 rings (SSSR count). The fraction of sp³-hybridized carbons (Fsp3) is 0.0714. The average Bonchev–Trinajstić information content (AvgIpc) is 2.47. The summed E-state index contributed by atoms with van der Waals surface area (Å²) < 4.78 is 39.5. The van der Waals surface area contributed by atoms with E-state index in [4.69, 9.17) is 11.6 Å². The van der Waals surface area contributed by atoms with Crippen molar-refractivity contribution in [2.45, 2.75) is 11.4 Å². The molecule has 0 saturated heterocycles. The van der Waals surface area contributed by atoms with E-state index < -0.39 is 10.0 Å². The van der Waals surface area contributed by atoms with Gasteiger partial charge in [0.1, 0.15) is 10.7 Å². The zero-order valence-corrected chi connectivity index (χ0v) is 12.7. The van der Waals surface area contributed by atoms with E-state index in [0.717, 1.165) is 5.56 Å². The van der Waals surface area contributed by atoms with Crippen LogP contribution in [0, 0.1) is 5.82 Å². The van der Waals surface area contributed by atoms with Gasteiger partial charge in [0.05, 0.1) is 12.2 Å². The summed E-state index contributed by atoms with van der Waals surface area (Å²) >= 11 is 5.81. The van der Waals surface area contributed by atoms with Crippen LogP contribution in [0.15, 0.2) is 52.4 Å². The monoisotopic (exact) mass is 339 g/mol. The van der Waals surface area contributed by atoms with Crippen LogP contribution in [0.1, 0.15) is 5.56 Å². The fourth-order valence-corrected chi connectivity index (χ4v) is 3.40. The lowest BCUT2D eigenvalue weighted by Gasteiger charge is -2.21. The van der Waals surface area contributed by atoms with E-state index in [0.29, 0.717) is 10.7 Å². The fourth-order valence-electron chi connectivity index (χ4n) is 1.99. The van der Waals surface area contributed by atoms with Crippen LogP contribution in [0.4, 0.5) is 10.1 Å². The molecule has 0 atom stereocenters. The highest BCUT2D eigenvalue weighted by Crippen LogP contribution is 2.27. The van der Waals surface area contributed by atoms with Crippen LogP contribution in [0.2, 0.25) is 5.02 Å². The molecule has 2 aromatic carbocycles. The molecule has 0 amide bonds. The van der Waals surface area contributed by atoms with Crippen molar-refractivity contribution in [1.82, 2.24) is 4.72 Å². The van der Waals surface area contributed by atoms with E-state index >= 15 is 0 Å².